The SMILES string of the molecule is CCC1c2ccccc2C(CC)(CC)N1CC. The number of hydrogen-bond acceptors (Lipinski definition) is 1. The molecule has 0 saturated heterocycles. The fourth-order valence-electron chi connectivity index (χ4n) is 3.83. The van der Waals surface area contributed by atoms with Gasteiger partial charge in [-0.1, -0.05) is 52.0 Å². The Balaban J connectivity index is 2.59. The van der Waals surface area contributed by atoms with Gasteiger partial charge in [0, 0.05) is 11.6 Å². The van der Waals surface area contributed by atoms with Gasteiger partial charge in [-0.3, -0.25) is 4.90 Å². The maximum Gasteiger partial charge on any atom is 0.0464 e. The summed E-state index contributed by atoms with van der Waals surface area (Å²) in [6.07, 6.45) is 3.64. The number of nitrogens with zero attached hydrogens (tertiary/aromatic N) is 1. The molecule has 0 amide bonds. The lowest BCUT2D eigenvalue weighted by Gasteiger charge is -2.40. The summed E-state index contributed by atoms with van der Waals surface area (Å²) in [6.45, 7) is 10.4. The molecule has 1 unspecified atom stereocenters. The maximum atomic E-state index is 2.72. The molecule has 1 aromatic carbocycles. The minimum atomic E-state index is 0.284. The Bertz CT molecular complexity index is 379. The molecule has 1 aliphatic heterocycles. The molecule has 17 heavy (non-hydrogen) atoms. The standard InChI is InChI=1S/C16H25N/c1-5-15-13-11-9-10-12-14(13)16(6-2,7-3)17(15)8-4/h9-12,15H,5-8H2,1-4H3. The molecule has 0 fully saturated rings. The van der Waals surface area contributed by atoms with E-state index in [1.54, 1.807) is 11.1 Å². The Morgan fingerprint density at radius 3 is 2.24 bits per heavy atom. The van der Waals surface area contributed by atoms with Crippen molar-refractivity contribution in [3.05, 3.63) is 35.4 Å². The van der Waals surface area contributed by atoms with Gasteiger partial charge in [0.25, 0.3) is 0 Å². The van der Waals surface area contributed by atoms with E-state index in [-0.39, 0.29) is 5.54 Å². The van der Waals surface area contributed by atoms with E-state index in [0.29, 0.717) is 6.04 Å². The fraction of sp³-hybridized carbons (Fsp3) is 0.625. The molecule has 94 valence electrons. The van der Waals surface area contributed by atoms with Gasteiger partial charge in [0.05, 0.1) is 0 Å². The van der Waals surface area contributed by atoms with Crippen LogP contribution in [0.25, 0.3) is 0 Å². The van der Waals surface area contributed by atoms with Crippen LogP contribution in [-0.4, -0.2) is 11.4 Å². The smallest absolute Gasteiger partial charge is 0.0464 e. The first kappa shape index (κ1) is 12.6. The summed E-state index contributed by atoms with van der Waals surface area (Å²) >= 11 is 0. The predicted molar refractivity (Wildman–Crippen MR) is 74.1 cm³/mol. The molecule has 0 saturated carbocycles. The van der Waals surface area contributed by atoms with Crippen LogP contribution in [0.4, 0.5) is 0 Å². The van der Waals surface area contributed by atoms with Crippen LogP contribution < -0.4 is 0 Å². The van der Waals surface area contributed by atoms with Crippen LogP contribution >= 0.6 is 0 Å². The van der Waals surface area contributed by atoms with E-state index in [0.717, 1.165) is 6.54 Å². The highest BCUT2D eigenvalue weighted by molar-refractivity contribution is 5.41. The highest BCUT2D eigenvalue weighted by atomic mass is 15.2. The average molecular weight is 231 g/mol. The summed E-state index contributed by atoms with van der Waals surface area (Å²) in [6, 6.07) is 9.69. The number of benzene rings is 1. The summed E-state index contributed by atoms with van der Waals surface area (Å²) in [7, 11) is 0. The first-order valence-corrected chi connectivity index (χ1v) is 7.11. The Kier molecular flexibility index (Phi) is 3.58. The van der Waals surface area contributed by atoms with Crippen molar-refractivity contribution >= 4 is 0 Å². The molecule has 1 aromatic rings. The van der Waals surface area contributed by atoms with E-state index < -0.39 is 0 Å². The van der Waals surface area contributed by atoms with Gasteiger partial charge in [0.2, 0.25) is 0 Å². The van der Waals surface area contributed by atoms with Gasteiger partial charge in [0.1, 0.15) is 0 Å². The maximum absolute atomic E-state index is 2.72. The van der Waals surface area contributed by atoms with E-state index in [1.807, 2.05) is 0 Å². The van der Waals surface area contributed by atoms with Gasteiger partial charge < -0.3 is 0 Å². The molecule has 0 aliphatic carbocycles. The average Bonchev–Trinajstić information content (AvgIpc) is 2.68. The minimum absolute atomic E-state index is 0.284. The van der Waals surface area contributed by atoms with Crippen molar-refractivity contribution in [1.29, 1.82) is 0 Å². The third-order valence-corrected chi connectivity index (χ3v) is 4.64. The summed E-state index contributed by atoms with van der Waals surface area (Å²) < 4.78 is 0. The van der Waals surface area contributed by atoms with Crippen molar-refractivity contribution in [2.75, 3.05) is 6.54 Å². The van der Waals surface area contributed by atoms with Crippen LogP contribution in [0.1, 0.15) is 64.1 Å². The second-order valence-corrected chi connectivity index (χ2v) is 5.04. The van der Waals surface area contributed by atoms with Crippen LogP contribution in [-0.2, 0) is 5.54 Å². The van der Waals surface area contributed by atoms with Gasteiger partial charge in [-0.2, -0.15) is 0 Å². The minimum Gasteiger partial charge on any atom is -0.287 e. The molecular formula is C16H25N. The summed E-state index contributed by atoms with van der Waals surface area (Å²) in [5, 5.41) is 0. The van der Waals surface area contributed by atoms with Crippen LogP contribution in [0.3, 0.4) is 0 Å². The second kappa shape index (κ2) is 4.81. The summed E-state index contributed by atoms with van der Waals surface area (Å²) in [4.78, 5) is 2.72. The van der Waals surface area contributed by atoms with Crippen LogP contribution in [0.15, 0.2) is 24.3 Å². The number of hydrogen-bond donors (Lipinski definition) is 0. The van der Waals surface area contributed by atoms with Gasteiger partial charge in [-0.15, -0.1) is 0 Å². The Hall–Kier alpha value is -0.820. The zero-order valence-electron chi connectivity index (χ0n) is 11.7. The third-order valence-electron chi connectivity index (χ3n) is 4.64. The largest absolute Gasteiger partial charge is 0.287 e. The number of fused-ring (bicyclic) bond motifs is 1. The Morgan fingerprint density at radius 2 is 1.71 bits per heavy atom. The van der Waals surface area contributed by atoms with Crippen LogP contribution in [0, 0.1) is 0 Å². The van der Waals surface area contributed by atoms with Crippen LogP contribution in [0.2, 0.25) is 0 Å². The molecule has 0 spiro atoms. The zero-order valence-corrected chi connectivity index (χ0v) is 11.7. The van der Waals surface area contributed by atoms with Crippen LogP contribution in [0.5, 0.6) is 0 Å². The van der Waals surface area contributed by atoms with E-state index in [9.17, 15) is 0 Å². The molecule has 2 rings (SSSR count). The quantitative estimate of drug-likeness (QED) is 0.738. The topological polar surface area (TPSA) is 3.24 Å². The van der Waals surface area contributed by atoms with Crippen molar-refractivity contribution in [3.8, 4) is 0 Å². The highest BCUT2D eigenvalue weighted by Crippen LogP contribution is 2.50. The summed E-state index contributed by atoms with van der Waals surface area (Å²) in [5.41, 5.74) is 3.44. The molecule has 0 aromatic heterocycles. The third kappa shape index (κ3) is 1.63. The highest BCUT2D eigenvalue weighted by Gasteiger charge is 2.45. The molecule has 1 heterocycles. The molecule has 1 aliphatic rings. The fourth-order valence-corrected chi connectivity index (χ4v) is 3.83. The second-order valence-electron chi connectivity index (χ2n) is 5.04. The molecule has 1 nitrogen and oxygen atoms in total. The lowest BCUT2D eigenvalue weighted by Crippen LogP contribution is -2.41. The monoisotopic (exact) mass is 231 g/mol. The first-order chi connectivity index (χ1) is 8.25. The van der Waals surface area contributed by atoms with E-state index in [2.05, 4.69) is 56.9 Å². The zero-order chi connectivity index (χ0) is 12.5. The van der Waals surface area contributed by atoms with E-state index in [1.165, 1.54) is 19.3 Å². The summed E-state index contributed by atoms with van der Waals surface area (Å²) in [5.74, 6) is 0. The molecule has 0 N–H and O–H groups in total. The molecule has 0 bridgehead atoms. The van der Waals surface area contributed by atoms with Gasteiger partial charge in [-0.05, 0) is 36.9 Å². The lowest BCUT2D eigenvalue weighted by molar-refractivity contribution is 0.0606. The van der Waals surface area contributed by atoms with Gasteiger partial charge in [0.15, 0.2) is 0 Å². The normalized spacial score (nSPS) is 22.7. The number of rotatable bonds is 4. The molecule has 0 radical (unpaired) electrons. The lowest BCUT2D eigenvalue weighted by atomic mass is 9.84. The van der Waals surface area contributed by atoms with Crippen molar-refractivity contribution in [3.63, 3.8) is 0 Å². The first-order valence-electron chi connectivity index (χ1n) is 7.11. The molecule has 1 atom stereocenters. The van der Waals surface area contributed by atoms with E-state index in [4.69, 9.17) is 0 Å². The van der Waals surface area contributed by atoms with Crippen molar-refractivity contribution in [2.45, 2.75) is 58.5 Å². The van der Waals surface area contributed by atoms with Gasteiger partial charge >= 0.3 is 0 Å². The Morgan fingerprint density at radius 1 is 1.06 bits per heavy atom. The Labute approximate surface area is 106 Å². The van der Waals surface area contributed by atoms with Crippen molar-refractivity contribution in [1.82, 2.24) is 4.90 Å². The van der Waals surface area contributed by atoms with Crippen molar-refractivity contribution < 1.29 is 0 Å². The predicted octanol–water partition coefficient (Wildman–Crippen LogP) is 4.49. The van der Waals surface area contributed by atoms with Gasteiger partial charge in [-0.25, -0.2) is 0 Å². The molecular weight excluding hydrogens is 206 g/mol. The molecule has 1 heteroatoms. The van der Waals surface area contributed by atoms with E-state index >= 15 is 0 Å². The van der Waals surface area contributed by atoms with Crippen molar-refractivity contribution in [2.24, 2.45) is 0 Å².